The van der Waals surface area contributed by atoms with E-state index in [0.717, 1.165) is 13.1 Å². The summed E-state index contributed by atoms with van der Waals surface area (Å²) in [5.74, 6) is -0.00534. The van der Waals surface area contributed by atoms with Gasteiger partial charge in [-0.05, 0) is 37.7 Å². The van der Waals surface area contributed by atoms with Crippen LogP contribution in [0.15, 0.2) is 58.3 Å². The van der Waals surface area contributed by atoms with E-state index in [1.165, 1.54) is 17.5 Å². The Labute approximate surface area is 193 Å². The molecule has 1 unspecified atom stereocenters. The Morgan fingerprint density at radius 3 is 2.70 bits per heavy atom. The molecule has 1 fully saturated rings. The Balaban J connectivity index is 1.58. The molecule has 176 valence electrons. The standard InChI is InChI=1S/C24H30N4O5/c1-3-32-23(29)21-18(25-24(30)26-22(21)20-9-6-12-33-20)16-27(2)15-17-7-4-5-8-19(17)28-10-13-31-14-11-28/h4-9,12,22H,3,10-11,13-16H2,1-2H3,(H2,25,26,30). The summed E-state index contributed by atoms with van der Waals surface area (Å²) in [6, 6.07) is 10.6. The van der Waals surface area contributed by atoms with Gasteiger partial charge in [0, 0.05) is 37.6 Å². The fourth-order valence-corrected chi connectivity index (χ4v) is 4.24. The number of anilines is 1. The summed E-state index contributed by atoms with van der Waals surface area (Å²) in [6.07, 6.45) is 1.51. The van der Waals surface area contributed by atoms with Crippen molar-refractivity contribution in [1.82, 2.24) is 15.5 Å². The maximum atomic E-state index is 12.9. The fourth-order valence-electron chi connectivity index (χ4n) is 4.24. The van der Waals surface area contributed by atoms with Crippen molar-refractivity contribution in [3.8, 4) is 0 Å². The van der Waals surface area contributed by atoms with Gasteiger partial charge in [0.25, 0.3) is 0 Å². The zero-order valence-corrected chi connectivity index (χ0v) is 19.0. The van der Waals surface area contributed by atoms with Crippen LogP contribution < -0.4 is 15.5 Å². The monoisotopic (exact) mass is 454 g/mol. The van der Waals surface area contributed by atoms with Crippen LogP contribution in [0.3, 0.4) is 0 Å². The number of hydrogen-bond acceptors (Lipinski definition) is 7. The van der Waals surface area contributed by atoms with E-state index < -0.39 is 12.0 Å². The van der Waals surface area contributed by atoms with Crippen LogP contribution in [0.1, 0.15) is 24.3 Å². The van der Waals surface area contributed by atoms with Gasteiger partial charge in [-0.1, -0.05) is 18.2 Å². The number of para-hydroxylation sites is 1. The third-order valence-corrected chi connectivity index (χ3v) is 5.69. The number of ether oxygens (including phenoxy) is 2. The number of hydrogen-bond donors (Lipinski definition) is 2. The third-order valence-electron chi connectivity index (χ3n) is 5.69. The quantitative estimate of drug-likeness (QED) is 0.592. The molecule has 1 aromatic heterocycles. The van der Waals surface area contributed by atoms with Crippen LogP contribution in [0.5, 0.6) is 0 Å². The van der Waals surface area contributed by atoms with E-state index in [1.54, 1.807) is 19.1 Å². The average molecular weight is 455 g/mol. The molecule has 9 nitrogen and oxygen atoms in total. The van der Waals surface area contributed by atoms with Crippen LogP contribution in [-0.4, -0.2) is 63.4 Å². The van der Waals surface area contributed by atoms with Gasteiger partial charge in [0.15, 0.2) is 0 Å². The average Bonchev–Trinajstić information content (AvgIpc) is 3.34. The van der Waals surface area contributed by atoms with Crippen LogP contribution >= 0.6 is 0 Å². The number of morpholine rings is 1. The number of amides is 2. The lowest BCUT2D eigenvalue weighted by Gasteiger charge is -2.32. The van der Waals surface area contributed by atoms with Gasteiger partial charge in [0.1, 0.15) is 11.8 Å². The second kappa shape index (κ2) is 10.5. The number of nitrogens with one attached hydrogen (secondary N) is 2. The van der Waals surface area contributed by atoms with Gasteiger partial charge in [-0.2, -0.15) is 0 Å². The zero-order valence-electron chi connectivity index (χ0n) is 19.0. The number of carbonyl (C=O) groups is 2. The Morgan fingerprint density at radius 2 is 1.97 bits per heavy atom. The van der Waals surface area contributed by atoms with E-state index in [4.69, 9.17) is 13.9 Å². The highest BCUT2D eigenvalue weighted by Gasteiger charge is 2.35. The van der Waals surface area contributed by atoms with Gasteiger partial charge in [-0.3, -0.25) is 4.90 Å². The first-order valence-corrected chi connectivity index (χ1v) is 11.2. The topological polar surface area (TPSA) is 96.3 Å². The largest absolute Gasteiger partial charge is 0.467 e. The van der Waals surface area contributed by atoms with E-state index in [-0.39, 0.29) is 12.6 Å². The smallest absolute Gasteiger partial charge is 0.338 e. The summed E-state index contributed by atoms with van der Waals surface area (Å²) in [5, 5.41) is 5.58. The summed E-state index contributed by atoms with van der Waals surface area (Å²) < 4.78 is 16.3. The SMILES string of the molecule is CCOC(=O)C1=C(CN(C)Cc2ccccc2N2CCOCC2)NC(=O)NC1c1ccco1. The number of nitrogens with zero attached hydrogens (tertiary/aromatic N) is 2. The van der Waals surface area contributed by atoms with Crippen molar-refractivity contribution in [3.05, 3.63) is 65.3 Å². The van der Waals surface area contributed by atoms with Crippen LogP contribution in [0.2, 0.25) is 0 Å². The molecule has 0 aliphatic carbocycles. The molecule has 1 aromatic carbocycles. The Bertz CT molecular complexity index is 998. The molecular formula is C24H30N4O5. The number of likely N-dealkylation sites (N-methyl/N-ethyl adjacent to an activating group) is 1. The molecule has 2 N–H and O–H groups in total. The second-order valence-corrected chi connectivity index (χ2v) is 8.06. The summed E-state index contributed by atoms with van der Waals surface area (Å²) in [5.41, 5.74) is 3.20. The van der Waals surface area contributed by atoms with Crippen molar-refractivity contribution >= 4 is 17.7 Å². The van der Waals surface area contributed by atoms with E-state index in [1.807, 2.05) is 19.2 Å². The summed E-state index contributed by atoms with van der Waals surface area (Å²) in [4.78, 5) is 29.7. The molecule has 2 aliphatic heterocycles. The van der Waals surface area contributed by atoms with Gasteiger partial charge in [-0.15, -0.1) is 0 Å². The van der Waals surface area contributed by atoms with E-state index in [2.05, 4.69) is 32.6 Å². The van der Waals surface area contributed by atoms with Gasteiger partial charge < -0.3 is 29.4 Å². The van der Waals surface area contributed by atoms with Crippen molar-refractivity contribution in [2.45, 2.75) is 19.5 Å². The van der Waals surface area contributed by atoms with Crippen molar-refractivity contribution in [2.75, 3.05) is 51.4 Å². The van der Waals surface area contributed by atoms with Crippen LogP contribution in [0, 0.1) is 0 Å². The van der Waals surface area contributed by atoms with Gasteiger partial charge in [-0.25, -0.2) is 9.59 Å². The highest BCUT2D eigenvalue weighted by atomic mass is 16.5. The molecule has 1 saturated heterocycles. The molecule has 1 atom stereocenters. The van der Waals surface area contributed by atoms with Crippen LogP contribution in [0.4, 0.5) is 10.5 Å². The van der Waals surface area contributed by atoms with E-state index in [0.29, 0.717) is 43.3 Å². The summed E-state index contributed by atoms with van der Waals surface area (Å²) >= 11 is 0. The van der Waals surface area contributed by atoms with E-state index in [9.17, 15) is 9.59 Å². The fraction of sp³-hybridized carbons (Fsp3) is 0.417. The zero-order chi connectivity index (χ0) is 23.2. The first-order chi connectivity index (χ1) is 16.1. The third kappa shape index (κ3) is 5.37. The van der Waals surface area contributed by atoms with Gasteiger partial charge in [0.2, 0.25) is 0 Å². The molecule has 9 heteroatoms. The Morgan fingerprint density at radius 1 is 1.18 bits per heavy atom. The van der Waals surface area contributed by atoms with E-state index >= 15 is 0 Å². The summed E-state index contributed by atoms with van der Waals surface area (Å²) in [6.45, 7) is 6.12. The minimum atomic E-state index is -0.711. The lowest BCUT2D eigenvalue weighted by molar-refractivity contribution is -0.139. The van der Waals surface area contributed by atoms with Gasteiger partial charge >= 0.3 is 12.0 Å². The van der Waals surface area contributed by atoms with Crippen molar-refractivity contribution < 1.29 is 23.5 Å². The van der Waals surface area contributed by atoms with Crippen LogP contribution in [0.25, 0.3) is 0 Å². The molecule has 2 amide bonds. The molecular weight excluding hydrogens is 424 g/mol. The molecule has 0 bridgehead atoms. The Hall–Kier alpha value is -3.30. The van der Waals surface area contributed by atoms with Crippen molar-refractivity contribution in [2.24, 2.45) is 0 Å². The highest BCUT2D eigenvalue weighted by molar-refractivity contribution is 5.95. The van der Waals surface area contributed by atoms with Crippen LogP contribution in [-0.2, 0) is 20.8 Å². The molecule has 33 heavy (non-hydrogen) atoms. The molecule has 2 aromatic rings. The Kier molecular flexibility index (Phi) is 7.31. The number of urea groups is 1. The number of benzene rings is 1. The minimum Gasteiger partial charge on any atom is -0.467 e. The van der Waals surface area contributed by atoms with Crippen molar-refractivity contribution in [1.29, 1.82) is 0 Å². The molecule has 4 rings (SSSR count). The first kappa shape index (κ1) is 22.9. The lowest BCUT2D eigenvalue weighted by atomic mass is 9.99. The molecule has 3 heterocycles. The first-order valence-electron chi connectivity index (χ1n) is 11.2. The maximum Gasteiger partial charge on any atom is 0.338 e. The van der Waals surface area contributed by atoms with Crippen molar-refractivity contribution in [3.63, 3.8) is 0 Å². The molecule has 0 saturated carbocycles. The predicted molar refractivity (Wildman–Crippen MR) is 123 cm³/mol. The minimum absolute atomic E-state index is 0.233. The second-order valence-electron chi connectivity index (χ2n) is 8.06. The molecule has 0 spiro atoms. The molecule has 0 radical (unpaired) electrons. The highest BCUT2D eigenvalue weighted by Crippen LogP contribution is 2.29. The number of esters is 1. The number of furan rings is 1. The predicted octanol–water partition coefficient (Wildman–Crippen LogP) is 2.42. The number of carbonyl (C=O) groups excluding carboxylic acids is 2. The molecule has 2 aliphatic rings. The van der Waals surface area contributed by atoms with Gasteiger partial charge in [0.05, 0.1) is 31.7 Å². The summed E-state index contributed by atoms with van der Waals surface area (Å²) in [7, 11) is 1.96. The lowest BCUT2D eigenvalue weighted by Crippen LogP contribution is -2.48. The normalized spacial score (nSPS) is 18.8. The number of rotatable bonds is 8. The maximum absolute atomic E-state index is 12.9.